The van der Waals surface area contributed by atoms with E-state index in [0.29, 0.717) is 11.4 Å². The lowest BCUT2D eigenvalue weighted by Gasteiger charge is -2.18. The molecule has 2 aromatic carbocycles. The van der Waals surface area contributed by atoms with Crippen LogP contribution in [-0.4, -0.2) is 13.0 Å². The largest absolute Gasteiger partial charge is 0.497 e. The molecule has 4 nitrogen and oxygen atoms in total. The van der Waals surface area contributed by atoms with Gasteiger partial charge < -0.3 is 15.8 Å². The summed E-state index contributed by atoms with van der Waals surface area (Å²) in [5.74, 6) is -2.40. The summed E-state index contributed by atoms with van der Waals surface area (Å²) in [4.78, 5) is 11.6. The second-order valence-corrected chi connectivity index (χ2v) is 4.35. The Hall–Kier alpha value is -2.63. The zero-order chi connectivity index (χ0) is 15.4. The van der Waals surface area contributed by atoms with E-state index >= 15 is 0 Å². The standard InChI is InChI=1S/C15H14F2N2O2/c1-21-10-5-2-4-9(8-10)19-14(15(18)20)11-6-3-7-12(16)13(11)17/h2-8,14,19H,1H3,(H2,18,20). The van der Waals surface area contributed by atoms with Crippen LogP contribution in [0.3, 0.4) is 0 Å². The Morgan fingerprint density at radius 1 is 1.24 bits per heavy atom. The summed E-state index contributed by atoms with van der Waals surface area (Å²) in [6.45, 7) is 0. The van der Waals surface area contributed by atoms with Gasteiger partial charge in [-0.1, -0.05) is 18.2 Å². The number of rotatable bonds is 5. The monoisotopic (exact) mass is 292 g/mol. The van der Waals surface area contributed by atoms with Crippen LogP contribution in [0, 0.1) is 11.6 Å². The lowest BCUT2D eigenvalue weighted by atomic mass is 10.0. The molecule has 0 spiro atoms. The number of methoxy groups -OCH3 is 1. The molecular weight excluding hydrogens is 278 g/mol. The van der Waals surface area contributed by atoms with Crippen LogP contribution in [-0.2, 0) is 4.79 Å². The number of benzene rings is 2. The van der Waals surface area contributed by atoms with Crippen molar-refractivity contribution >= 4 is 11.6 Å². The molecule has 6 heteroatoms. The molecule has 21 heavy (non-hydrogen) atoms. The van der Waals surface area contributed by atoms with Crippen LogP contribution in [0.4, 0.5) is 14.5 Å². The van der Waals surface area contributed by atoms with E-state index in [2.05, 4.69) is 5.32 Å². The van der Waals surface area contributed by atoms with E-state index in [4.69, 9.17) is 10.5 Å². The number of amides is 1. The average molecular weight is 292 g/mol. The number of hydrogen-bond acceptors (Lipinski definition) is 3. The van der Waals surface area contributed by atoms with Gasteiger partial charge in [-0.15, -0.1) is 0 Å². The Bertz CT molecular complexity index is 662. The maximum Gasteiger partial charge on any atom is 0.244 e. The molecule has 1 amide bonds. The molecule has 1 unspecified atom stereocenters. The summed E-state index contributed by atoms with van der Waals surface area (Å²) in [5.41, 5.74) is 5.64. The molecule has 110 valence electrons. The van der Waals surface area contributed by atoms with Gasteiger partial charge >= 0.3 is 0 Å². The second-order valence-electron chi connectivity index (χ2n) is 4.35. The molecule has 3 N–H and O–H groups in total. The van der Waals surface area contributed by atoms with Crippen molar-refractivity contribution in [1.82, 2.24) is 0 Å². The van der Waals surface area contributed by atoms with Gasteiger partial charge in [0.05, 0.1) is 7.11 Å². The Morgan fingerprint density at radius 2 is 1.95 bits per heavy atom. The van der Waals surface area contributed by atoms with Crippen LogP contribution in [0.1, 0.15) is 11.6 Å². The average Bonchev–Trinajstić information content (AvgIpc) is 2.48. The fraction of sp³-hybridized carbons (Fsp3) is 0.133. The van der Waals surface area contributed by atoms with E-state index in [1.54, 1.807) is 24.3 Å². The highest BCUT2D eigenvalue weighted by atomic mass is 19.2. The third-order valence-corrected chi connectivity index (χ3v) is 2.96. The molecule has 2 aromatic rings. The van der Waals surface area contributed by atoms with Gasteiger partial charge in [0.2, 0.25) is 5.91 Å². The van der Waals surface area contributed by atoms with Gasteiger partial charge in [0.25, 0.3) is 0 Å². The highest BCUT2D eigenvalue weighted by Gasteiger charge is 2.23. The molecule has 0 aliphatic rings. The number of carbonyl (C=O) groups is 1. The number of ether oxygens (including phenoxy) is 1. The van der Waals surface area contributed by atoms with Gasteiger partial charge in [-0.3, -0.25) is 4.79 Å². The van der Waals surface area contributed by atoms with Gasteiger partial charge in [-0.05, 0) is 18.2 Å². The Kier molecular flexibility index (Phi) is 4.37. The zero-order valence-electron chi connectivity index (χ0n) is 11.3. The van der Waals surface area contributed by atoms with Crippen molar-refractivity contribution in [3.63, 3.8) is 0 Å². The minimum atomic E-state index is -1.19. The third kappa shape index (κ3) is 3.28. The summed E-state index contributed by atoms with van der Waals surface area (Å²) >= 11 is 0. The van der Waals surface area contributed by atoms with Crippen LogP contribution < -0.4 is 15.8 Å². The lowest BCUT2D eigenvalue weighted by Crippen LogP contribution is -2.28. The number of halogens is 2. The molecule has 0 saturated heterocycles. The normalized spacial score (nSPS) is 11.8. The molecule has 0 heterocycles. The van der Waals surface area contributed by atoms with Crippen molar-refractivity contribution in [1.29, 1.82) is 0 Å². The first-order valence-corrected chi connectivity index (χ1v) is 6.16. The molecule has 0 aromatic heterocycles. The number of anilines is 1. The van der Waals surface area contributed by atoms with Crippen molar-refractivity contribution < 1.29 is 18.3 Å². The maximum atomic E-state index is 13.8. The second kappa shape index (κ2) is 6.21. The Labute approximate surface area is 120 Å². The SMILES string of the molecule is COc1cccc(NC(C(N)=O)c2cccc(F)c2F)c1. The molecule has 2 rings (SSSR count). The van der Waals surface area contributed by atoms with Crippen molar-refractivity contribution in [2.24, 2.45) is 5.73 Å². The van der Waals surface area contributed by atoms with Crippen LogP contribution in [0.5, 0.6) is 5.75 Å². The smallest absolute Gasteiger partial charge is 0.244 e. The molecule has 0 aliphatic carbocycles. The predicted molar refractivity (Wildman–Crippen MR) is 74.9 cm³/mol. The van der Waals surface area contributed by atoms with Gasteiger partial charge in [-0.2, -0.15) is 0 Å². The predicted octanol–water partition coefficient (Wildman–Crippen LogP) is 2.61. The third-order valence-electron chi connectivity index (χ3n) is 2.96. The van der Waals surface area contributed by atoms with E-state index < -0.39 is 23.6 Å². The molecular formula is C15H14F2N2O2. The summed E-state index contributed by atoms with van der Waals surface area (Å²) < 4.78 is 32.2. The first-order valence-electron chi connectivity index (χ1n) is 6.16. The van der Waals surface area contributed by atoms with Crippen molar-refractivity contribution in [2.45, 2.75) is 6.04 Å². The highest BCUT2D eigenvalue weighted by molar-refractivity contribution is 5.84. The van der Waals surface area contributed by atoms with Gasteiger partial charge in [0, 0.05) is 17.3 Å². The highest BCUT2D eigenvalue weighted by Crippen LogP contribution is 2.25. The van der Waals surface area contributed by atoms with Crippen molar-refractivity contribution in [2.75, 3.05) is 12.4 Å². The first-order chi connectivity index (χ1) is 10.0. The zero-order valence-corrected chi connectivity index (χ0v) is 11.3. The van der Waals surface area contributed by atoms with Gasteiger partial charge in [0.15, 0.2) is 11.6 Å². The summed E-state index contributed by atoms with van der Waals surface area (Å²) in [7, 11) is 1.50. The van der Waals surface area contributed by atoms with E-state index in [1.165, 1.54) is 19.2 Å². The fourth-order valence-electron chi connectivity index (χ4n) is 1.93. The molecule has 0 saturated carbocycles. The van der Waals surface area contributed by atoms with E-state index in [9.17, 15) is 13.6 Å². The number of nitrogens with two attached hydrogens (primary N) is 1. The van der Waals surface area contributed by atoms with E-state index in [-0.39, 0.29) is 5.56 Å². The Morgan fingerprint density at radius 3 is 2.62 bits per heavy atom. The van der Waals surface area contributed by atoms with Crippen LogP contribution in [0.15, 0.2) is 42.5 Å². The van der Waals surface area contributed by atoms with E-state index in [0.717, 1.165) is 6.07 Å². The summed E-state index contributed by atoms with van der Waals surface area (Å²) in [5, 5.41) is 2.78. The molecule has 0 bridgehead atoms. The minimum Gasteiger partial charge on any atom is -0.497 e. The maximum absolute atomic E-state index is 13.8. The van der Waals surface area contributed by atoms with Gasteiger partial charge in [0.1, 0.15) is 11.8 Å². The lowest BCUT2D eigenvalue weighted by molar-refractivity contribution is -0.118. The van der Waals surface area contributed by atoms with Crippen molar-refractivity contribution in [3.05, 3.63) is 59.7 Å². The number of carbonyl (C=O) groups excluding carboxylic acids is 1. The van der Waals surface area contributed by atoms with Crippen LogP contribution >= 0.6 is 0 Å². The number of hydrogen-bond donors (Lipinski definition) is 2. The molecule has 1 atom stereocenters. The quantitative estimate of drug-likeness (QED) is 0.890. The van der Waals surface area contributed by atoms with Crippen LogP contribution in [0.25, 0.3) is 0 Å². The molecule has 0 fully saturated rings. The fourth-order valence-corrected chi connectivity index (χ4v) is 1.93. The molecule has 0 radical (unpaired) electrons. The van der Waals surface area contributed by atoms with Crippen LogP contribution in [0.2, 0.25) is 0 Å². The number of nitrogens with one attached hydrogen (secondary N) is 1. The summed E-state index contributed by atoms with van der Waals surface area (Å²) in [6.07, 6.45) is 0. The molecule has 0 aliphatic heterocycles. The van der Waals surface area contributed by atoms with Crippen molar-refractivity contribution in [3.8, 4) is 5.75 Å². The minimum absolute atomic E-state index is 0.148. The Balaban J connectivity index is 2.35. The topological polar surface area (TPSA) is 64.3 Å². The number of primary amides is 1. The van der Waals surface area contributed by atoms with Gasteiger partial charge in [-0.25, -0.2) is 8.78 Å². The first kappa shape index (κ1) is 14.8. The summed E-state index contributed by atoms with van der Waals surface area (Å²) in [6, 6.07) is 9.10. The van der Waals surface area contributed by atoms with E-state index in [1.807, 2.05) is 0 Å².